The molecule has 0 fully saturated rings. The van der Waals surface area contributed by atoms with Crippen molar-refractivity contribution in [2.75, 3.05) is 6.54 Å². The van der Waals surface area contributed by atoms with Crippen LogP contribution in [-0.4, -0.2) is 6.54 Å². The zero-order chi connectivity index (χ0) is 15.2. The summed E-state index contributed by atoms with van der Waals surface area (Å²) in [5.41, 5.74) is 1.38. The van der Waals surface area contributed by atoms with Crippen molar-refractivity contribution in [2.45, 2.75) is 38.6 Å². The molecule has 2 rings (SSSR count). The van der Waals surface area contributed by atoms with Gasteiger partial charge in [0.1, 0.15) is 4.34 Å². The summed E-state index contributed by atoms with van der Waals surface area (Å²) in [4.78, 5) is 1.30. The second-order valence-corrected chi connectivity index (χ2v) is 7.67. The third kappa shape index (κ3) is 4.32. The Kier molecular flexibility index (Phi) is 6.74. The summed E-state index contributed by atoms with van der Waals surface area (Å²) in [6.07, 6.45) is 2.22. The van der Waals surface area contributed by atoms with Gasteiger partial charge in [-0.1, -0.05) is 55.8 Å². The van der Waals surface area contributed by atoms with Crippen LogP contribution in [-0.2, 0) is 0 Å². The quantitative estimate of drug-likeness (QED) is 0.580. The molecule has 114 valence electrons. The first-order valence-electron chi connectivity index (χ1n) is 7.40. The Hall–Kier alpha value is -0.350. The lowest BCUT2D eigenvalue weighted by Crippen LogP contribution is -2.27. The average molecular weight is 387 g/mol. The molecule has 21 heavy (non-hydrogen) atoms. The standard InChI is InChI=1S/C17H21BrClNS/c1-3-10-20-16(15-11-14(18)17(19)21-15)13(4-2)12-8-6-5-7-9-12/h5-9,11,13,16,20H,3-4,10H2,1-2H3. The van der Waals surface area contributed by atoms with Gasteiger partial charge in [-0.25, -0.2) is 0 Å². The fraction of sp³-hybridized carbons (Fsp3) is 0.412. The Morgan fingerprint density at radius 3 is 2.48 bits per heavy atom. The zero-order valence-corrected chi connectivity index (χ0v) is 15.6. The van der Waals surface area contributed by atoms with E-state index in [9.17, 15) is 0 Å². The molecule has 0 aliphatic heterocycles. The number of hydrogen-bond donors (Lipinski definition) is 1. The predicted molar refractivity (Wildman–Crippen MR) is 97.5 cm³/mol. The molecule has 0 amide bonds. The lowest BCUT2D eigenvalue weighted by atomic mass is 9.88. The van der Waals surface area contributed by atoms with Crippen LogP contribution in [0.15, 0.2) is 40.9 Å². The van der Waals surface area contributed by atoms with E-state index in [1.165, 1.54) is 10.4 Å². The van der Waals surface area contributed by atoms with Crippen LogP contribution in [0.25, 0.3) is 0 Å². The Morgan fingerprint density at radius 2 is 1.95 bits per heavy atom. The van der Waals surface area contributed by atoms with Crippen molar-refractivity contribution in [3.63, 3.8) is 0 Å². The topological polar surface area (TPSA) is 12.0 Å². The SMILES string of the molecule is CCCNC(c1cc(Br)c(Cl)s1)C(CC)c1ccccc1. The lowest BCUT2D eigenvalue weighted by molar-refractivity contribution is 0.441. The Labute approximate surface area is 144 Å². The third-order valence-electron chi connectivity index (χ3n) is 3.65. The van der Waals surface area contributed by atoms with Crippen molar-refractivity contribution in [3.8, 4) is 0 Å². The number of benzene rings is 1. The molecule has 0 spiro atoms. The molecular weight excluding hydrogens is 366 g/mol. The second kappa shape index (κ2) is 8.33. The molecule has 0 bridgehead atoms. The van der Waals surface area contributed by atoms with Gasteiger partial charge in [0.2, 0.25) is 0 Å². The van der Waals surface area contributed by atoms with Crippen LogP contribution in [0.4, 0.5) is 0 Å². The van der Waals surface area contributed by atoms with Crippen molar-refractivity contribution in [1.29, 1.82) is 0 Å². The molecule has 2 aromatic rings. The molecule has 1 nitrogen and oxygen atoms in total. The minimum atomic E-state index is 0.311. The molecule has 2 atom stereocenters. The molecule has 1 aromatic heterocycles. The third-order valence-corrected chi connectivity index (χ3v) is 6.21. The second-order valence-electron chi connectivity index (χ2n) is 5.13. The minimum Gasteiger partial charge on any atom is -0.309 e. The van der Waals surface area contributed by atoms with Gasteiger partial charge >= 0.3 is 0 Å². The van der Waals surface area contributed by atoms with E-state index in [2.05, 4.69) is 71.5 Å². The van der Waals surface area contributed by atoms with E-state index in [4.69, 9.17) is 11.6 Å². The van der Waals surface area contributed by atoms with Gasteiger partial charge < -0.3 is 5.32 Å². The summed E-state index contributed by atoms with van der Waals surface area (Å²) in [5.74, 6) is 0.458. The number of thiophene rings is 1. The first-order chi connectivity index (χ1) is 10.2. The van der Waals surface area contributed by atoms with Gasteiger partial charge in [-0.15, -0.1) is 11.3 Å². The van der Waals surface area contributed by atoms with E-state index in [1.54, 1.807) is 11.3 Å². The average Bonchev–Trinajstić information content (AvgIpc) is 2.83. The normalized spacial score (nSPS) is 14.1. The minimum absolute atomic E-state index is 0.311. The highest BCUT2D eigenvalue weighted by atomic mass is 79.9. The number of hydrogen-bond acceptors (Lipinski definition) is 2. The Balaban J connectivity index is 2.33. The van der Waals surface area contributed by atoms with Crippen LogP contribution in [0.3, 0.4) is 0 Å². The molecule has 0 aliphatic carbocycles. The predicted octanol–water partition coefficient (Wildman–Crippen LogP) is 6.40. The largest absolute Gasteiger partial charge is 0.309 e. The van der Waals surface area contributed by atoms with Crippen molar-refractivity contribution < 1.29 is 0 Å². The summed E-state index contributed by atoms with van der Waals surface area (Å²) in [6.45, 7) is 5.47. The van der Waals surface area contributed by atoms with Crippen molar-refractivity contribution in [1.82, 2.24) is 5.32 Å². The van der Waals surface area contributed by atoms with E-state index in [1.807, 2.05) is 0 Å². The van der Waals surface area contributed by atoms with Crippen LogP contribution in [0.2, 0.25) is 4.34 Å². The fourth-order valence-electron chi connectivity index (χ4n) is 2.62. The molecule has 0 saturated carbocycles. The van der Waals surface area contributed by atoms with Crippen LogP contribution >= 0.6 is 38.9 Å². The van der Waals surface area contributed by atoms with Gasteiger partial charge in [0.25, 0.3) is 0 Å². The fourth-order valence-corrected chi connectivity index (χ4v) is 4.50. The molecule has 2 unspecified atom stereocenters. The van der Waals surface area contributed by atoms with Gasteiger partial charge in [-0.05, 0) is 46.9 Å². The van der Waals surface area contributed by atoms with Crippen LogP contribution in [0.1, 0.15) is 49.1 Å². The molecule has 4 heteroatoms. The van der Waals surface area contributed by atoms with E-state index in [0.29, 0.717) is 12.0 Å². The first kappa shape index (κ1) is 17.0. The highest BCUT2D eigenvalue weighted by Crippen LogP contribution is 2.41. The van der Waals surface area contributed by atoms with Crippen LogP contribution in [0.5, 0.6) is 0 Å². The highest BCUT2D eigenvalue weighted by Gasteiger charge is 2.25. The summed E-state index contributed by atoms with van der Waals surface area (Å²) >= 11 is 11.4. The van der Waals surface area contributed by atoms with E-state index in [0.717, 1.165) is 28.2 Å². The Morgan fingerprint density at radius 1 is 1.24 bits per heavy atom. The van der Waals surface area contributed by atoms with Crippen LogP contribution in [0, 0.1) is 0 Å². The van der Waals surface area contributed by atoms with Gasteiger partial charge in [0.15, 0.2) is 0 Å². The van der Waals surface area contributed by atoms with Gasteiger partial charge in [0.05, 0.1) is 0 Å². The lowest BCUT2D eigenvalue weighted by Gasteiger charge is -2.27. The van der Waals surface area contributed by atoms with Gasteiger partial charge in [0, 0.05) is 21.3 Å². The molecule has 1 N–H and O–H groups in total. The van der Waals surface area contributed by atoms with Gasteiger partial charge in [-0.2, -0.15) is 0 Å². The molecular formula is C17H21BrClNS. The van der Waals surface area contributed by atoms with Gasteiger partial charge in [-0.3, -0.25) is 0 Å². The summed E-state index contributed by atoms with van der Waals surface area (Å²) in [6, 6.07) is 13.2. The Bertz CT molecular complexity index is 536. The molecule has 0 aliphatic rings. The summed E-state index contributed by atoms with van der Waals surface area (Å²) in [5, 5.41) is 3.71. The summed E-state index contributed by atoms with van der Waals surface area (Å²) in [7, 11) is 0. The number of rotatable bonds is 7. The maximum Gasteiger partial charge on any atom is 0.107 e. The summed E-state index contributed by atoms with van der Waals surface area (Å²) < 4.78 is 1.83. The molecule has 1 heterocycles. The van der Waals surface area contributed by atoms with E-state index >= 15 is 0 Å². The highest BCUT2D eigenvalue weighted by molar-refractivity contribution is 9.10. The van der Waals surface area contributed by atoms with Crippen molar-refractivity contribution in [2.24, 2.45) is 0 Å². The van der Waals surface area contributed by atoms with Crippen molar-refractivity contribution >= 4 is 38.9 Å². The zero-order valence-electron chi connectivity index (χ0n) is 12.4. The molecule has 1 aromatic carbocycles. The molecule has 0 saturated heterocycles. The van der Waals surface area contributed by atoms with E-state index < -0.39 is 0 Å². The number of halogens is 2. The van der Waals surface area contributed by atoms with Crippen molar-refractivity contribution in [3.05, 3.63) is 55.6 Å². The van der Waals surface area contributed by atoms with E-state index in [-0.39, 0.29) is 0 Å². The monoisotopic (exact) mass is 385 g/mol. The first-order valence-corrected chi connectivity index (χ1v) is 9.39. The maximum absolute atomic E-state index is 6.25. The number of nitrogens with one attached hydrogen (secondary N) is 1. The smallest absolute Gasteiger partial charge is 0.107 e. The molecule has 0 radical (unpaired) electrons. The maximum atomic E-state index is 6.25. The van der Waals surface area contributed by atoms with Crippen LogP contribution < -0.4 is 5.32 Å².